The number of hydrogen-bond donors (Lipinski definition) is 2. The van der Waals surface area contributed by atoms with Crippen molar-refractivity contribution in [2.24, 2.45) is 0 Å². The molecule has 5 rings (SSSR count). The standard InChI is InChI=1S/C24H35FN10O3/c1-14-9-26-20-19(27-18-13-34(30-21(18)37-6)15-7-8-32(5)10-15)29-22(31-35(14)20)33-11-16(25)17(12-33)28-23(36)38-24(2,3)4/h9,13,15-17H,7-8,10-12H2,1-6H3,(H,28,36)(H,27,29,31)/t15-,16-,17-/m0/s1. The van der Waals surface area contributed by atoms with Gasteiger partial charge in [-0.3, -0.25) is 4.68 Å². The average Bonchev–Trinajstić information content (AvgIpc) is 3.61. The Hall–Kier alpha value is -3.68. The Morgan fingerprint density at radius 1 is 1.21 bits per heavy atom. The van der Waals surface area contributed by atoms with Crippen LogP contribution in [0.15, 0.2) is 12.4 Å². The minimum atomic E-state index is -1.31. The molecular formula is C24H35FN10O3. The van der Waals surface area contributed by atoms with Gasteiger partial charge in [-0.2, -0.15) is 4.98 Å². The van der Waals surface area contributed by atoms with Crippen LogP contribution in [-0.2, 0) is 4.74 Å². The van der Waals surface area contributed by atoms with Gasteiger partial charge in [0.25, 0.3) is 5.88 Å². The molecule has 206 valence electrons. The van der Waals surface area contributed by atoms with Crippen molar-refractivity contribution in [1.82, 2.24) is 39.6 Å². The van der Waals surface area contributed by atoms with Crippen molar-refractivity contribution >= 4 is 29.2 Å². The number of imidazole rings is 1. The number of methoxy groups -OCH3 is 1. The molecule has 5 heterocycles. The Morgan fingerprint density at radius 3 is 2.68 bits per heavy atom. The summed E-state index contributed by atoms with van der Waals surface area (Å²) in [6.45, 7) is 9.29. The van der Waals surface area contributed by atoms with Crippen LogP contribution in [0.3, 0.4) is 0 Å². The summed E-state index contributed by atoms with van der Waals surface area (Å²) in [6, 6.07) is -0.507. The number of aromatic nitrogens is 6. The number of rotatable bonds is 6. The molecule has 3 aromatic rings. The van der Waals surface area contributed by atoms with Crippen LogP contribution >= 0.6 is 0 Å². The second kappa shape index (κ2) is 9.89. The number of likely N-dealkylation sites (tertiary alicyclic amines) is 1. The maximum atomic E-state index is 14.9. The van der Waals surface area contributed by atoms with Crippen molar-refractivity contribution in [2.75, 3.05) is 50.6 Å². The smallest absolute Gasteiger partial charge is 0.408 e. The van der Waals surface area contributed by atoms with Crippen molar-refractivity contribution in [3.05, 3.63) is 18.1 Å². The molecule has 3 atom stereocenters. The van der Waals surface area contributed by atoms with Gasteiger partial charge in [0.05, 0.1) is 43.8 Å². The van der Waals surface area contributed by atoms with Gasteiger partial charge in [-0.25, -0.2) is 18.7 Å². The van der Waals surface area contributed by atoms with E-state index in [1.807, 2.05) is 17.8 Å². The van der Waals surface area contributed by atoms with Crippen LogP contribution in [0.2, 0.25) is 0 Å². The van der Waals surface area contributed by atoms with Crippen molar-refractivity contribution in [2.45, 2.75) is 58.0 Å². The monoisotopic (exact) mass is 530 g/mol. The molecular weight excluding hydrogens is 495 g/mol. The zero-order chi connectivity index (χ0) is 27.2. The molecule has 2 N–H and O–H groups in total. The van der Waals surface area contributed by atoms with E-state index < -0.39 is 23.9 Å². The fourth-order valence-electron chi connectivity index (χ4n) is 4.77. The zero-order valence-electron chi connectivity index (χ0n) is 22.6. The SMILES string of the molecule is COc1nn([C@H]2CCN(C)C2)cc1Nc1nc(N2C[C@H](NC(=O)OC(C)(C)C)[C@@H](F)C2)nn2c(C)cnc12. The van der Waals surface area contributed by atoms with Crippen LogP contribution in [0.5, 0.6) is 5.88 Å². The normalized spacial score (nSPS) is 22.3. The molecule has 14 heteroatoms. The van der Waals surface area contributed by atoms with E-state index in [4.69, 9.17) is 14.5 Å². The minimum absolute atomic E-state index is 0.0234. The van der Waals surface area contributed by atoms with E-state index >= 15 is 0 Å². The lowest BCUT2D eigenvalue weighted by Crippen LogP contribution is -2.44. The Morgan fingerprint density at radius 2 is 2.00 bits per heavy atom. The molecule has 38 heavy (non-hydrogen) atoms. The van der Waals surface area contributed by atoms with Crippen molar-refractivity contribution in [1.29, 1.82) is 0 Å². The number of alkyl halides is 1. The van der Waals surface area contributed by atoms with E-state index in [2.05, 4.69) is 37.8 Å². The summed E-state index contributed by atoms with van der Waals surface area (Å²) in [5, 5.41) is 15.2. The Labute approximate surface area is 220 Å². The lowest BCUT2D eigenvalue weighted by Gasteiger charge is -2.22. The molecule has 0 unspecified atom stereocenters. The van der Waals surface area contributed by atoms with Gasteiger partial charge in [0, 0.05) is 13.1 Å². The molecule has 0 bridgehead atoms. The molecule has 2 saturated heterocycles. The highest BCUT2D eigenvalue weighted by molar-refractivity contribution is 5.73. The lowest BCUT2D eigenvalue weighted by atomic mass is 10.2. The number of nitrogens with one attached hydrogen (secondary N) is 2. The van der Waals surface area contributed by atoms with Crippen LogP contribution in [-0.4, -0.2) is 98.5 Å². The van der Waals surface area contributed by atoms with Crippen LogP contribution in [0, 0.1) is 6.92 Å². The first-order valence-corrected chi connectivity index (χ1v) is 12.7. The highest BCUT2D eigenvalue weighted by Gasteiger charge is 2.37. The Kier molecular flexibility index (Phi) is 6.75. The Balaban J connectivity index is 1.40. The number of fused-ring (bicyclic) bond motifs is 1. The molecule has 0 radical (unpaired) electrons. The quantitative estimate of drug-likeness (QED) is 0.490. The first-order valence-electron chi connectivity index (χ1n) is 12.7. The third-order valence-corrected chi connectivity index (χ3v) is 6.64. The van der Waals surface area contributed by atoms with Crippen LogP contribution < -0.4 is 20.3 Å². The summed E-state index contributed by atoms with van der Waals surface area (Å²) in [5.41, 5.74) is 1.28. The molecule has 13 nitrogen and oxygen atoms in total. The van der Waals surface area contributed by atoms with Gasteiger partial charge in [-0.1, -0.05) is 0 Å². The van der Waals surface area contributed by atoms with E-state index in [0.29, 0.717) is 29.0 Å². The third-order valence-electron chi connectivity index (χ3n) is 6.64. The number of carbonyl (C=O) groups is 1. The number of ether oxygens (including phenoxy) is 2. The zero-order valence-corrected chi connectivity index (χ0v) is 22.6. The summed E-state index contributed by atoms with van der Waals surface area (Å²) in [5.74, 6) is 1.18. The van der Waals surface area contributed by atoms with Crippen LogP contribution in [0.25, 0.3) is 5.65 Å². The first-order chi connectivity index (χ1) is 18.0. The number of anilines is 3. The largest absolute Gasteiger partial charge is 0.478 e. The summed E-state index contributed by atoms with van der Waals surface area (Å²) in [7, 11) is 3.66. The van der Waals surface area contributed by atoms with E-state index in [9.17, 15) is 9.18 Å². The number of amides is 1. The summed E-state index contributed by atoms with van der Waals surface area (Å²) >= 11 is 0. The molecule has 0 aliphatic carbocycles. The molecule has 0 spiro atoms. The second-order valence-corrected chi connectivity index (χ2v) is 10.9. The number of hydrogen-bond acceptors (Lipinski definition) is 10. The fourth-order valence-corrected chi connectivity index (χ4v) is 4.77. The summed E-state index contributed by atoms with van der Waals surface area (Å²) < 4.78 is 29.4. The minimum Gasteiger partial charge on any atom is -0.478 e. The molecule has 2 aliphatic rings. The van der Waals surface area contributed by atoms with Crippen LogP contribution in [0.4, 0.5) is 26.6 Å². The van der Waals surface area contributed by atoms with E-state index in [1.165, 1.54) is 0 Å². The van der Waals surface area contributed by atoms with Crippen LogP contribution in [0.1, 0.15) is 38.9 Å². The topological polar surface area (TPSA) is 127 Å². The Bertz CT molecular complexity index is 1320. The third kappa shape index (κ3) is 5.30. The first kappa shape index (κ1) is 25.9. The van der Waals surface area contributed by atoms with Gasteiger partial charge in [0.2, 0.25) is 5.95 Å². The summed E-state index contributed by atoms with van der Waals surface area (Å²) in [6.07, 6.45) is 2.63. The number of halogens is 1. The summed E-state index contributed by atoms with van der Waals surface area (Å²) in [4.78, 5) is 25.4. The van der Waals surface area contributed by atoms with E-state index in [1.54, 1.807) is 43.5 Å². The van der Waals surface area contributed by atoms with Gasteiger partial charge in [0.15, 0.2) is 11.5 Å². The predicted octanol–water partition coefficient (Wildman–Crippen LogP) is 2.31. The molecule has 0 saturated carbocycles. The molecule has 2 aliphatic heterocycles. The number of carbonyl (C=O) groups excluding carboxylic acids is 1. The maximum absolute atomic E-state index is 14.9. The maximum Gasteiger partial charge on any atom is 0.408 e. The van der Waals surface area contributed by atoms with Gasteiger partial charge >= 0.3 is 6.09 Å². The highest BCUT2D eigenvalue weighted by atomic mass is 19.1. The predicted molar refractivity (Wildman–Crippen MR) is 139 cm³/mol. The van der Waals surface area contributed by atoms with Crippen molar-refractivity contribution in [3.63, 3.8) is 0 Å². The second-order valence-electron chi connectivity index (χ2n) is 10.9. The highest BCUT2D eigenvalue weighted by Crippen LogP contribution is 2.31. The van der Waals surface area contributed by atoms with Crippen molar-refractivity contribution in [3.8, 4) is 5.88 Å². The fraction of sp³-hybridized carbons (Fsp3) is 0.625. The number of alkyl carbamates (subject to hydrolysis) is 1. The van der Waals surface area contributed by atoms with E-state index in [0.717, 1.165) is 25.2 Å². The van der Waals surface area contributed by atoms with Gasteiger partial charge in [0.1, 0.15) is 17.5 Å². The van der Waals surface area contributed by atoms with Gasteiger partial charge < -0.3 is 29.9 Å². The molecule has 2 fully saturated rings. The average molecular weight is 531 g/mol. The lowest BCUT2D eigenvalue weighted by molar-refractivity contribution is 0.0490. The molecule has 0 aromatic carbocycles. The molecule has 3 aromatic heterocycles. The van der Waals surface area contributed by atoms with Gasteiger partial charge in [-0.05, 0) is 47.7 Å². The number of likely N-dealkylation sites (N-methyl/N-ethyl adjacent to an activating group) is 1. The number of nitrogens with zero attached hydrogens (tertiary/aromatic N) is 8. The van der Waals surface area contributed by atoms with E-state index in [-0.39, 0.29) is 19.1 Å². The van der Waals surface area contributed by atoms with Crippen molar-refractivity contribution < 1.29 is 18.7 Å². The molecule has 1 amide bonds. The number of aryl methyl sites for hydroxylation is 1. The van der Waals surface area contributed by atoms with Gasteiger partial charge in [-0.15, -0.1) is 10.2 Å².